The Morgan fingerprint density at radius 1 is 1.09 bits per heavy atom. The van der Waals surface area contributed by atoms with Crippen LogP contribution in [0.5, 0.6) is 5.75 Å². The predicted octanol–water partition coefficient (Wildman–Crippen LogP) is -2.15. The highest BCUT2D eigenvalue weighted by Gasteiger charge is 2.43. The van der Waals surface area contributed by atoms with Gasteiger partial charge >= 0.3 is 0 Å². The molecule has 1 heterocycles. The van der Waals surface area contributed by atoms with Gasteiger partial charge in [-0.3, -0.25) is 4.79 Å². The van der Waals surface area contributed by atoms with Crippen molar-refractivity contribution in [3.63, 3.8) is 0 Å². The summed E-state index contributed by atoms with van der Waals surface area (Å²) in [4.78, 5) is 11.9. The Morgan fingerprint density at radius 3 is 2.32 bits per heavy atom. The van der Waals surface area contributed by atoms with Gasteiger partial charge in [0.2, 0.25) is 5.91 Å². The largest absolute Gasteiger partial charge is 0.508 e. The predicted molar refractivity (Wildman–Crippen MR) is 73.7 cm³/mol. The molecule has 1 aliphatic rings. The van der Waals surface area contributed by atoms with E-state index in [0.717, 1.165) is 0 Å². The van der Waals surface area contributed by atoms with Crippen LogP contribution in [0.1, 0.15) is 5.56 Å². The smallest absolute Gasteiger partial charge is 0.226 e. The van der Waals surface area contributed by atoms with Crippen LogP contribution in [0.3, 0.4) is 0 Å². The van der Waals surface area contributed by atoms with E-state index < -0.39 is 43.2 Å². The van der Waals surface area contributed by atoms with Gasteiger partial charge in [-0.15, -0.1) is 0 Å². The van der Waals surface area contributed by atoms with Crippen molar-refractivity contribution in [1.82, 2.24) is 5.32 Å². The molecule has 0 saturated carbocycles. The van der Waals surface area contributed by atoms with Crippen molar-refractivity contribution in [1.29, 1.82) is 0 Å². The SMILES string of the molecule is O=C(Cc1ccc(O)cc1)NC1OC(CO)C(O)C(O)C1O. The molecule has 5 unspecified atom stereocenters. The van der Waals surface area contributed by atoms with E-state index in [1.807, 2.05) is 0 Å². The maximum absolute atomic E-state index is 11.9. The fraction of sp³-hybridized carbons (Fsp3) is 0.500. The van der Waals surface area contributed by atoms with E-state index in [-0.39, 0.29) is 12.2 Å². The molecule has 5 atom stereocenters. The molecule has 1 aromatic rings. The Kier molecular flexibility index (Phi) is 5.33. The quantitative estimate of drug-likeness (QED) is 0.372. The van der Waals surface area contributed by atoms with Crippen molar-refractivity contribution in [2.24, 2.45) is 0 Å². The van der Waals surface area contributed by atoms with Crippen molar-refractivity contribution in [2.45, 2.75) is 37.1 Å². The Bertz CT molecular complexity index is 504. The van der Waals surface area contributed by atoms with Gasteiger partial charge in [-0.25, -0.2) is 0 Å². The van der Waals surface area contributed by atoms with Crippen LogP contribution in [-0.2, 0) is 16.0 Å². The molecule has 1 aromatic carbocycles. The molecule has 1 aliphatic heterocycles. The second-order valence-electron chi connectivity index (χ2n) is 5.16. The molecule has 1 saturated heterocycles. The molecule has 0 radical (unpaired) electrons. The Balaban J connectivity index is 1.96. The van der Waals surface area contributed by atoms with Gasteiger partial charge < -0.3 is 35.6 Å². The number of aliphatic hydroxyl groups is 4. The van der Waals surface area contributed by atoms with Crippen LogP contribution >= 0.6 is 0 Å². The van der Waals surface area contributed by atoms with E-state index >= 15 is 0 Å². The van der Waals surface area contributed by atoms with Gasteiger partial charge in [-0.1, -0.05) is 12.1 Å². The normalized spacial score (nSPS) is 31.7. The fourth-order valence-electron chi connectivity index (χ4n) is 2.23. The van der Waals surface area contributed by atoms with Gasteiger partial charge in [0.1, 0.15) is 30.2 Å². The minimum Gasteiger partial charge on any atom is -0.508 e. The lowest BCUT2D eigenvalue weighted by Crippen LogP contribution is -2.63. The number of hydrogen-bond donors (Lipinski definition) is 6. The summed E-state index contributed by atoms with van der Waals surface area (Å²) in [6.45, 7) is -0.560. The van der Waals surface area contributed by atoms with E-state index in [1.54, 1.807) is 12.1 Å². The number of nitrogens with one attached hydrogen (secondary N) is 1. The Hall–Kier alpha value is -1.71. The third-order valence-corrected chi connectivity index (χ3v) is 3.50. The Labute approximate surface area is 126 Å². The summed E-state index contributed by atoms with van der Waals surface area (Å²) in [5.74, 6) is -0.395. The van der Waals surface area contributed by atoms with Gasteiger partial charge in [0.15, 0.2) is 6.23 Å². The molecule has 2 rings (SSSR count). The average molecular weight is 313 g/mol. The number of rotatable bonds is 4. The van der Waals surface area contributed by atoms with Crippen LogP contribution in [-0.4, -0.2) is 68.7 Å². The number of aliphatic hydroxyl groups excluding tert-OH is 4. The van der Waals surface area contributed by atoms with Crippen LogP contribution in [0.4, 0.5) is 0 Å². The van der Waals surface area contributed by atoms with Gasteiger partial charge in [-0.05, 0) is 17.7 Å². The first kappa shape index (κ1) is 16.7. The average Bonchev–Trinajstić information content (AvgIpc) is 2.50. The van der Waals surface area contributed by atoms with Crippen molar-refractivity contribution >= 4 is 5.91 Å². The molecule has 122 valence electrons. The van der Waals surface area contributed by atoms with Gasteiger partial charge in [0.05, 0.1) is 13.0 Å². The molecule has 8 heteroatoms. The molecule has 22 heavy (non-hydrogen) atoms. The highest BCUT2D eigenvalue weighted by Crippen LogP contribution is 2.20. The molecule has 0 bridgehead atoms. The number of benzene rings is 1. The number of phenolic OH excluding ortho intramolecular Hbond substituents is 1. The molecule has 0 aliphatic carbocycles. The molecule has 6 N–H and O–H groups in total. The van der Waals surface area contributed by atoms with Crippen molar-refractivity contribution < 1.29 is 35.1 Å². The minimum atomic E-state index is -1.54. The third kappa shape index (κ3) is 3.73. The number of phenols is 1. The zero-order chi connectivity index (χ0) is 16.3. The van der Waals surface area contributed by atoms with E-state index in [2.05, 4.69) is 5.32 Å². The summed E-state index contributed by atoms with van der Waals surface area (Å²) in [5, 5.41) is 49.7. The standard InChI is InChI=1S/C14H19NO7/c16-6-9-11(19)12(20)13(21)14(22-9)15-10(18)5-7-1-3-8(17)4-2-7/h1-4,9,11-14,16-17,19-21H,5-6H2,(H,15,18). The van der Waals surface area contributed by atoms with Crippen LogP contribution in [0.2, 0.25) is 0 Å². The third-order valence-electron chi connectivity index (χ3n) is 3.50. The summed E-state index contributed by atoms with van der Waals surface area (Å²) in [5.41, 5.74) is 0.639. The number of hydrogen-bond acceptors (Lipinski definition) is 7. The van der Waals surface area contributed by atoms with Crippen LogP contribution in [0.15, 0.2) is 24.3 Å². The lowest BCUT2D eigenvalue weighted by atomic mass is 9.98. The fourth-order valence-corrected chi connectivity index (χ4v) is 2.23. The number of aromatic hydroxyl groups is 1. The molecule has 1 amide bonds. The number of amides is 1. The highest BCUT2D eigenvalue weighted by molar-refractivity contribution is 5.78. The minimum absolute atomic E-state index is 0.0186. The second kappa shape index (κ2) is 7.03. The van der Waals surface area contributed by atoms with E-state index in [9.17, 15) is 20.1 Å². The summed E-state index contributed by atoms with van der Waals surface area (Å²) in [7, 11) is 0. The maximum atomic E-state index is 11.9. The lowest BCUT2D eigenvalue weighted by Gasteiger charge is -2.40. The number of ether oxygens (including phenoxy) is 1. The van der Waals surface area contributed by atoms with Crippen LogP contribution in [0, 0.1) is 0 Å². The van der Waals surface area contributed by atoms with Crippen molar-refractivity contribution in [3.8, 4) is 5.75 Å². The Morgan fingerprint density at radius 2 is 1.73 bits per heavy atom. The van der Waals surface area contributed by atoms with Gasteiger partial charge in [0, 0.05) is 0 Å². The number of carbonyl (C=O) groups excluding carboxylic acids is 1. The first-order valence-electron chi connectivity index (χ1n) is 6.80. The molecule has 1 fully saturated rings. The van der Waals surface area contributed by atoms with E-state index in [0.29, 0.717) is 5.56 Å². The summed E-state index contributed by atoms with van der Waals surface area (Å²) < 4.78 is 5.18. The summed E-state index contributed by atoms with van der Waals surface area (Å²) in [6, 6.07) is 6.03. The number of carbonyl (C=O) groups is 1. The molecule has 8 nitrogen and oxygen atoms in total. The first-order valence-corrected chi connectivity index (χ1v) is 6.80. The molecular weight excluding hydrogens is 294 g/mol. The molecule has 0 aromatic heterocycles. The van der Waals surface area contributed by atoms with Crippen LogP contribution < -0.4 is 5.32 Å². The topological polar surface area (TPSA) is 139 Å². The van der Waals surface area contributed by atoms with E-state index in [1.165, 1.54) is 12.1 Å². The first-order chi connectivity index (χ1) is 10.4. The van der Waals surface area contributed by atoms with Crippen molar-refractivity contribution in [2.75, 3.05) is 6.61 Å². The summed E-state index contributed by atoms with van der Waals surface area (Å²) in [6.07, 6.45) is -6.84. The summed E-state index contributed by atoms with van der Waals surface area (Å²) >= 11 is 0. The van der Waals surface area contributed by atoms with Crippen molar-refractivity contribution in [3.05, 3.63) is 29.8 Å². The van der Waals surface area contributed by atoms with Gasteiger partial charge in [0.25, 0.3) is 0 Å². The zero-order valence-electron chi connectivity index (χ0n) is 11.7. The van der Waals surface area contributed by atoms with Gasteiger partial charge in [-0.2, -0.15) is 0 Å². The van der Waals surface area contributed by atoms with E-state index in [4.69, 9.17) is 14.9 Å². The second-order valence-corrected chi connectivity index (χ2v) is 5.16. The van der Waals surface area contributed by atoms with Crippen LogP contribution in [0.25, 0.3) is 0 Å². The maximum Gasteiger partial charge on any atom is 0.226 e. The monoisotopic (exact) mass is 313 g/mol. The molecule has 0 spiro atoms. The molecular formula is C14H19NO7. The lowest BCUT2D eigenvalue weighted by molar-refractivity contribution is -0.235. The zero-order valence-corrected chi connectivity index (χ0v) is 11.7. The highest BCUT2D eigenvalue weighted by atomic mass is 16.6.